The van der Waals surface area contributed by atoms with E-state index in [2.05, 4.69) is 42.3 Å². The monoisotopic (exact) mass is 300 g/mol. The number of piperidine rings is 1. The molecule has 0 aromatic heterocycles. The highest BCUT2D eigenvalue weighted by atomic mass is 16.2. The van der Waals surface area contributed by atoms with Gasteiger partial charge in [-0.1, -0.05) is 23.8 Å². The van der Waals surface area contributed by atoms with Crippen LogP contribution in [0.1, 0.15) is 42.4 Å². The van der Waals surface area contributed by atoms with E-state index in [-0.39, 0.29) is 0 Å². The molecule has 1 aromatic carbocycles. The first kappa shape index (κ1) is 15.5. The Bertz CT molecular complexity index is 526. The van der Waals surface area contributed by atoms with Gasteiger partial charge < -0.3 is 10.2 Å². The second kappa shape index (κ2) is 6.82. The zero-order valence-electron chi connectivity index (χ0n) is 13.9. The van der Waals surface area contributed by atoms with Gasteiger partial charge in [0.2, 0.25) is 5.91 Å². The Morgan fingerprint density at radius 3 is 2.68 bits per heavy atom. The van der Waals surface area contributed by atoms with Crippen molar-refractivity contribution >= 4 is 5.91 Å². The summed E-state index contributed by atoms with van der Waals surface area (Å²) in [6.45, 7) is 7.24. The first-order valence-corrected chi connectivity index (χ1v) is 8.71. The minimum absolute atomic E-state index is 0.298. The molecule has 3 heteroatoms. The van der Waals surface area contributed by atoms with Crippen LogP contribution >= 0.6 is 0 Å². The Morgan fingerprint density at radius 1 is 1.23 bits per heavy atom. The van der Waals surface area contributed by atoms with Crippen LogP contribution in [0.2, 0.25) is 0 Å². The van der Waals surface area contributed by atoms with Gasteiger partial charge in [0.15, 0.2) is 0 Å². The Balaban J connectivity index is 1.54. The van der Waals surface area contributed by atoms with E-state index in [0.717, 1.165) is 31.8 Å². The molecule has 0 bridgehead atoms. The molecule has 2 heterocycles. The van der Waals surface area contributed by atoms with E-state index in [1.165, 1.54) is 36.1 Å². The van der Waals surface area contributed by atoms with Crippen LogP contribution in [0.5, 0.6) is 0 Å². The van der Waals surface area contributed by atoms with Crippen molar-refractivity contribution in [2.24, 2.45) is 5.92 Å². The van der Waals surface area contributed by atoms with E-state index in [9.17, 15) is 4.79 Å². The molecule has 1 aromatic rings. The summed E-state index contributed by atoms with van der Waals surface area (Å²) in [7, 11) is 0. The third kappa shape index (κ3) is 3.52. The molecular formula is C19H28N2O. The fourth-order valence-corrected chi connectivity index (χ4v) is 3.93. The molecule has 0 spiro atoms. The predicted molar refractivity (Wildman–Crippen MR) is 89.9 cm³/mol. The molecule has 22 heavy (non-hydrogen) atoms. The molecule has 1 unspecified atom stereocenters. The maximum absolute atomic E-state index is 12.6. The van der Waals surface area contributed by atoms with Crippen molar-refractivity contribution in [3.8, 4) is 0 Å². The molecular weight excluding hydrogens is 272 g/mol. The smallest absolute Gasteiger partial charge is 0.226 e. The van der Waals surface area contributed by atoms with Crippen LogP contribution in [0.3, 0.4) is 0 Å². The highest BCUT2D eigenvalue weighted by Gasteiger charge is 2.29. The van der Waals surface area contributed by atoms with Crippen LogP contribution in [-0.2, 0) is 11.2 Å². The fourth-order valence-electron chi connectivity index (χ4n) is 3.93. The number of nitrogens with one attached hydrogen (secondary N) is 1. The average Bonchev–Trinajstić information content (AvgIpc) is 3.05. The molecule has 0 saturated carbocycles. The first-order valence-electron chi connectivity index (χ1n) is 8.71. The van der Waals surface area contributed by atoms with Gasteiger partial charge in [0.05, 0.1) is 6.42 Å². The average molecular weight is 300 g/mol. The van der Waals surface area contributed by atoms with Crippen molar-refractivity contribution < 1.29 is 4.79 Å². The van der Waals surface area contributed by atoms with Crippen molar-refractivity contribution in [2.75, 3.05) is 19.6 Å². The maximum atomic E-state index is 12.6. The highest BCUT2D eigenvalue weighted by molar-refractivity contribution is 5.79. The highest BCUT2D eigenvalue weighted by Crippen LogP contribution is 2.26. The number of rotatable bonds is 3. The molecule has 3 rings (SSSR count). The molecule has 1 N–H and O–H groups in total. The van der Waals surface area contributed by atoms with Gasteiger partial charge >= 0.3 is 0 Å². The molecule has 1 amide bonds. The van der Waals surface area contributed by atoms with E-state index in [4.69, 9.17) is 0 Å². The standard InChI is InChI=1S/C19H28N2O/c1-14-5-6-15(2)17(12-14)13-19(22)21-10-7-16(8-11-21)18-4-3-9-20-18/h5-6,12,16,18,20H,3-4,7-11,13H2,1-2H3. The minimum Gasteiger partial charge on any atom is -0.342 e. The number of aryl methyl sites for hydroxylation is 2. The van der Waals surface area contributed by atoms with Gasteiger partial charge in [-0.05, 0) is 63.1 Å². The number of amides is 1. The summed E-state index contributed by atoms with van der Waals surface area (Å²) in [5.74, 6) is 1.07. The summed E-state index contributed by atoms with van der Waals surface area (Å²) >= 11 is 0. The van der Waals surface area contributed by atoms with Gasteiger partial charge in [0.25, 0.3) is 0 Å². The summed E-state index contributed by atoms with van der Waals surface area (Å²) in [5, 5.41) is 3.62. The third-order valence-corrected chi connectivity index (χ3v) is 5.41. The predicted octanol–water partition coefficient (Wildman–Crippen LogP) is 2.84. The number of carbonyl (C=O) groups is 1. The van der Waals surface area contributed by atoms with E-state index >= 15 is 0 Å². The largest absolute Gasteiger partial charge is 0.342 e. The Kier molecular flexibility index (Phi) is 4.82. The van der Waals surface area contributed by atoms with Gasteiger partial charge in [-0.2, -0.15) is 0 Å². The number of carbonyl (C=O) groups excluding carboxylic acids is 1. The first-order chi connectivity index (χ1) is 10.6. The SMILES string of the molecule is Cc1ccc(C)c(CC(=O)N2CCC(C3CCCN3)CC2)c1. The van der Waals surface area contributed by atoms with Crippen LogP contribution < -0.4 is 5.32 Å². The normalized spacial score (nSPS) is 23.0. The third-order valence-electron chi connectivity index (χ3n) is 5.41. The van der Waals surface area contributed by atoms with Crippen LogP contribution in [0.25, 0.3) is 0 Å². The summed E-state index contributed by atoms with van der Waals surface area (Å²) in [5.41, 5.74) is 3.65. The molecule has 2 aliphatic heterocycles. The van der Waals surface area contributed by atoms with Gasteiger partial charge in [-0.3, -0.25) is 4.79 Å². The summed E-state index contributed by atoms with van der Waals surface area (Å²) in [6, 6.07) is 7.10. The molecule has 0 radical (unpaired) electrons. The number of benzene rings is 1. The number of likely N-dealkylation sites (tertiary alicyclic amines) is 1. The summed E-state index contributed by atoms with van der Waals surface area (Å²) in [6.07, 6.45) is 5.52. The summed E-state index contributed by atoms with van der Waals surface area (Å²) < 4.78 is 0. The topological polar surface area (TPSA) is 32.3 Å². The number of hydrogen-bond donors (Lipinski definition) is 1. The van der Waals surface area contributed by atoms with Crippen LogP contribution in [0.4, 0.5) is 0 Å². The lowest BCUT2D eigenvalue weighted by molar-refractivity contribution is -0.132. The lowest BCUT2D eigenvalue weighted by Crippen LogP contribution is -2.43. The van der Waals surface area contributed by atoms with E-state index in [1.54, 1.807) is 0 Å². The lowest BCUT2D eigenvalue weighted by Gasteiger charge is -2.35. The van der Waals surface area contributed by atoms with Crippen molar-refractivity contribution in [2.45, 2.75) is 52.0 Å². The summed E-state index contributed by atoms with van der Waals surface area (Å²) in [4.78, 5) is 14.6. The fraction of sp³-hybridized carbons (Fsp3) is 0.632. The van der Waals surface area contributed by atoms with Gasteiger partial charge in [0, 0.05) is 19.1 Å². The molecule has 1 atom stereocenters. The molecule has 2 aliphatic rings. The van der Waals surface area contributed by atoms with Crippen molar-refractivity contribution in [1.29, 1.82) is 0 Å². The Hall–Kier alpha value is -1.35. The van der Waals surface area contributed by atoms with Crippen molar-refractivity contribution in [1.82, 2.24) is 10.2 Å². The zero-order chi connectivity index (χ0) is 15.5. The van der Waals surface area contributed by atoms with Crippen LogP contribution in [-0.4, -0.2) is 36.5 Å². The zero-order valence-corrected chi connectivity index (χ0v) is 13.9. The molecule has 0 aliphatic carbocycles. The van der Waals surface area contributed by atoms with E-state index in [0.29, 0.717) is 18.4 Å². The maximum Gasteiger partial charge on any atom is 0.226 e. The Morgan fingerprint density at radius 2 is 2.00 bits per heavy atom. The van der Waals surface area contributed by atoms with E-state index < -0.39 is 0 Å². The van der Waals surface area contributed by atoms with Crippen LogP contribution in [0, 0.1) is 19.8 Å². The van der Waals surface area contributed by atoms with Gasteiger partial charge in [-0.15, -0.1) is 0 Å². The van der Waals surface area contributed by atoms with Crippen molar-refractivity contribution in [3.05, 3.63) is 34.9 Å². The lowest BCUT2D eigenvalue weighted by atomic mass is 9.88. The number of hydrogen-bond acceptors (Lipinski definition) is 2. The Labute approximate surface area is 134 Å². The van der Waals surface area contributed by atoms with Gasteiger partial charge in [0.1, 0.15) is 0 Å². The van der Waals surface area contributed by atoms with E-state index in [1.807, 2.05) is 0 Å². The second-order valence-corrected chi connectivity index (χ2v) is 7.03. The molecule has 3 nitrogen and oxygen atoms in total. The minimum atomic E-state index is 0.298. The van der Waals surface area contributed by atoms with Crippen molar-refractivity contribution in [3.63, 3.8) is 0 Å². The molecule has 2 fully saturated rings. The van der Waals surface area contributed by atoms with Gasteiger partial charge in [-0.25, -0.2) is 0 Å². The quantitative estimate of drug-likeness (QED) is 0.931. The second-order valence-electron chi connectivity index (χ2n) is 7.03. The molecule has 120 valence electrons. The molecule has 2 saturated heterocycles. The number of nitrogens with zero attached hydrogens (tertiary/aromatic N) is 1. The van der Waals surface area contributed by atoms with Crippen LogP contribution in [0.15, 0.2) is 18.2 Å².